The van der Waals surface area contributed by atoms with E-state index in [-0.39, 0.29) is 18.1 Å². The molecule has 0 saturated heterocycles. The number of hydrogen-bond donors (Lipinski definition) is 2. The van der Waals surface area contributed by atoms with Crippen LogP contribution in [0.25, 0.3) is 0 Å². The molecule has 2 N–H and O–H groups in total. The van der Waals surface area contributed by atoms with E-state index in [1.165, 1.54) is 19.2 Å². The van der Waals surface area contributed by atoms with Gasteiger partial charge in [-0.3, -0.25) is 4.79 Å². The zero-order valence-corrected chi connectivity index (χ0v) is 13.1. The van der Waals surface area contributed by atoms with Crippen molar-refractivity contribution in [2.24, 2.45) is 0 Å². The molecule has 0 bridgehead atoms. The molecule has 0 aromatic heterocycles. The van der Waals surface area contributed by atoms with Gasteiger partial charge in [-0.2, -0.15) is 0 Å². The first-order valence-electron chi connectivity index (χ1n) is 7.23. The number of hydrogen-bond acceptors (Lipinski definition) is 4. The van der Waals surface area contributed by atoms with Crippen molar-refractivity contribution >= 4 is 11.9 Å². The summed E-state index contributed by atoms with van der Waals surface area (Å²) in [5.74, 6) is -0.704. The Balaban J connectivity index is 2.12. The normalized spacial score (nSPS) is 11.6. The minimum Gasteiger partial charge on any atom is -0.508 e. The molecular formula is C18H19NO4. The van der Waals surface area contributed by atoms with Crippen LogP contribution in [0, 0.1) is 6.92 Å². The Bertz CT molecular complexity index is 677. The molecule has 0 heterocycles. The second-order valence-electron chi connectivity index (χ2n) is 5.29. The van der Waals surface area contributed by atoms with Gasteiger partial charge in [0.05, 0.1) is 7.11 Å². The van der Waals surface area contributed by atoms with Gasteiger partial charge in [0.25, 0.3) is 5.91 Å². The molecule has 0 saturated carbocycles. The molecule has 0 spiro atoms. The highest BCUT2D eigenvalue weighted by Gasteiger charge is 2.22. The Labute approximate surface area is 134 Å². The number of phenols is 1. The molecule has 2 rings (SSSR count). The number of aryl methyl sites for hydroxylation is 1. The van der Waals surface area contributed by atoms with Gasteiger partial charge in [0.1, 0.15) is 11.8 Å². The van der Waals surface area contributed by atoms with Gasteiger partial charge >= 0.3 is 5.97 Å². The summed E-state index contributed by atoms with van der Waals surface area (Å²) < 4.78 is 4.76. The summed E-state index contributed by atoms with van der Waals surface area (Å²) >= 11 is 0. The Kier molecular flexibility index (Phi) is 5.36. The van der Waals surface area contributed by atoms with E-state index in [2.05, 4.69) is 5.32 Å². The molecule has 0 aliphatic carbocycles. The molecule has 1 amide bonds. The summed E-state index contributed by atoms with van der Waals surface area (Å²) in [5.41, 5.74) is 2.34. The van der Waals surface area contributed by atoms with Crippen LogP contribution in [0.15, 0.2) is 48.5 Å². The van der Waals surface area contributed by atoms with Gasteiger partial charge < -0.3 is 15.2 Å². The predicted octanol–water partition coefficient (Wildman–Crippen LogP) is 2.21. The maximum atomic E-state index is 12.3. The fourth-order valence-corrected chi connectivity index (χ4v) is 2.15. The van der Waals surface area contributed by atoms with Crippen molar-refractivity contribution in [2.45, 2.75) is 19.4 Å². The molecule has 5 nitrogen and oxygen atoms in total. The van der Waals surface area contributed by atoms with Gasteiger partial charge in [0.2, 0.25) is 0 Å². The van der Waals surface area contributed by atoms with Gasteiger partial charge in [0, 0.05) is 12.0 Å². The minimum absolute atomic E-state index is 0.145. The first-order chi connectivity index (χ1) is 11.0. The quantitative estimate of drug-likeness (QED) is 0.830. The van der Waals surface area contributed by atoms with Crippen LogP contribution in [0.5, 0.6) is 5.75 Å². The topological polar surface area (TPSA) is 75.6 Å². The van der Waals surface area contributed by atoms with E-state index in [4.69, 9.17) is 4.74 Å². The van der Waals surface area contributed by atoms with Crippen LogP contribution in [0.4, 0.5) is 0 Å². The largest absolute Gasteiger partial charge is 0.508 e. The van der Waals surface area contributed by atoms with Gasteiger partial charge in [-0.25, -0.2) is 4.79 Å². The standard InChI is InChI=1S/C18H19NO4/c1-12-3-7-14(8-4-12)17(21)19-16(18(22)23-2)11-13-5-9-15(20)10-6-13/h3-10,16,20H,11H2,1-2H3,(H,19,21)/t16-/m0/s1. The number of carbonyl (C=O) groups excluding carboxylic acids is 2. The SMILES string of the molecule is COC(=O)[C@H](Cc1ccc(O)cc1)NC(=O)c1ccc(C)cc1. The van der Waals surface area contributed by atoms with Crippen molar-refractivity contribution in [3.8, 4) is 5.75 Å². The zero-order valence-electron chi connectivity index (χ0n) is 13.1. The number of amides is 1. The molecule has 0 radical (unpaired) electrons. The van der Waals surface area contributed by atoms with E-state index in [9.17, 15) is 14.7 Å². The fraction of sp³-hybridized carbons (Fsp3) is 0.222. The average molecular weight is 313 g/mol. The van der Waals surface area contributed by atoms with Crippen molar-refractivity contribution in [3.63, 3.8) is 0 Å². The number of ether oxygens (including phenoxy) is 1. The summed E-state index contributed by atoms with van der Waals surface area (Å²) in [7, 11) is 1.28. The first-order valence-corrected chi connectivity index (χ1v) is 7.23. The summed E-state index contributed by atoms with van der Waals surface area (Å²) in [6.07, 6.45) is 0.282. The maximum absolute atomic E-state index is 12.3. The summed E-state index contributed by atoms with van der Waals surface area (Å²) in [6.45, 7) is 1.93. The predicted molar refractivity (Wildman–Crippen MR) is 86.3 cm³/mol. The van der Waals surface area contributed by atoms with Crippen molar-refractivity contribution in [1.29, 1.82) is 0 Å². The number of rotatable bonds is 5. The highest BCUT2D eigenvalue weighted by molar-refractivity contribution is 5.96. The van der Waals surface area contributed by atoms with Crippen LogP contribution in [0.1, 0.15) is 21.5 Å². The third-order valence-corrected chi connectivity index (χ3v) is 3.48. The second kappa shape index (κ2) is 7.45. The van der Waals surface area contributed by atoms with E-state index in [1.807, 2.05) is 19.1 Å². The van der Waals surface area contributed by atoms with Crippen LogP contribution < -0.4 is 5.32 Å². The number of nitrogens with one attached hydrogen (secondary N) is 1. The number of carbonyl (C=O) groups is 2. The molecule has 2 aromatic rings. The number of methoxy groups -OCH3 is 1. The van der Waals surface area contributed by atoms with Gasteiger partial charge in [0.15, 0.2) is 0 Å². The number of benzene rings is 2. The van der Waals surface area contributed by atoms with Crippen molar-refractivity contribution in [1.82, 2.24) is 5.32 Å². The highest BCUT2D eigenvalue weighted by Crippen LogP contribution is 2.12. The lowest BCUT2D eigenvalue weighted by atomic mass is 10.0. The van der Waals surface area contributed by atoms with Crippen molar-refractivity contribution in [2.75, 3.05) is 7.11 Å². The summed E-state index contributed by atoms with van der Waals surface area (Å²) in [4.78, 5) is 24.2. The maximum Gasteiger partial charge on any atom is 0.328 e. The molecule has 23 heavy (non-hydrogen) atoms. The molecular weight excluding hydrogens is 294 g/mol. The van der Waals surface area contributed by atoms with Crippen LogP contribution in [-0.2, 0) is 16.0 Å². The van der Waals surface area contributed by atoms with Crippen LogP contribution in [0.2, 0.25) is 0 Å². The van der Waals surface area contributed by atoms with Crippen LogP contribution in [-0.4, -0.2) is 30.1 Å². The third-order valence-electron chi connectivity index (χ3n) is 3.48. The Morgan fingerprint density at radius 2 is 1.70 bits per heavy atom. The number of aromatic hydroxyl groups is 1. The van der Waals surface area contributed by atoms with E-state index in [0.717, 1.165) is 11.1 Å². The van der Waals surface area contributed by atoms with Gasteiger partial charge in [-0.05, 0) is 36.8 Å². The summed E-state index contributed by atoms with van der Waals surface area (Å²) in [6, 6.07) is 12.8. The van der Waals surface area contributed by atoms with E-state index in [1.54, 1.807) is 24.3 Å². The van der Waals surface area contributed by atoms with E-state index in [0.29, 0.717) is 5.56 Å². The average Bonchev–Trinajstić information content (AvgIpc) is 2.56. The van der Waals surface area contributed by atoms with Gasteiger partial charge in [-0.15, -0.1) is 0 Å². The Morgan fingerprint density at radius 1 is 1.09 bits per heavy atom. The minimum atomic E-state index is -0.793. The monoisotopic (exact) mass is 313 g/mol. The number of esters is 1. The second-order valence-corrected chi connectivity index (χ2v) is 5.29. The lowest BCUT2D eigenvalue weighted by molar-refractivity contribution is -0.142. The number of phenolic OH excluding ortho intramolecular Hbond substituents is 1. The molecule has 5 heteroatoms. The smallest absolute Gasteiger partial charge is 0.328 e. The summed E-state index contributed by atoms with van der Waals surface area (Å²) in [5, 5.41) is 12.0. The lowest BCUT2D eigenvalue weighted by Gasteiger charge is -2.17. The lowest BCUT2D eigenvalue weighted by Crippen LogP contribution is -2.43. The zero-order chi connectivity index (χ0) is 16.8. The van der Waals surface area contributed by atoms with Crippen LogP contribution in [0.3, 0.4) is 0 Å². The molecule has 0 fully saturated rings. The Morgan fingerprint density at radius 3 is 2.26 bits per heavy atom. The molecule has 1 atom stereocenters. The molecule has 0 unspecified atom stereocenters. The Hall–Kier alpha value is -2.82. The van der Waals surface area contributed by atoms with Crippen molar-refractivity contribution < 1.29 is 19.4 Å². The van der Waals surface area contributed by atoms with E-state index >= 15 is 0 Å². The van der Waals surface area contributed by atoms with E-state index < -0.39 is 12.0 Å². The fourth-order valence-electron chi connectivity index (χ4n) is 2.15. The van der Waals surface area contributed by atoms with Crippen molar-refractivity contribution in [3.05, 3.63) is 65.2 Å². The molecule has 2 aromatic carbocycles. The van der Waals surface area contributed by atoms with Crippen LogP contribution >= 0.6 is 0 Å². The molecule has 0 aliphatic rings. The molecule has 120 valence electrons. The van der Waals surface area contributed by atoms with Gasteiger partial charge in [-0.1, -0.05) is 29.8 Å². The highest BCUT2D eigenvalue weighted by atomic mass is 16.5. The molecule has 0 aliphatic heterocycles. The first kappa shape index (κ1) is 16.5. The third kappa shape index (κ3) is 4.57.